The van der Waals surface area contributed by atoms with Crippen molar-refractivity contribution < 1.29 is 0 Å². The monoisotopic (exact) mass is 367 g/mol. The molecule has 0 aliphatic carbocycles. The van der Waals surface area contributed by atoms with Crippen molar-refractivity contribution >= 4 is 23.0 Å². The minimum atomic E-state index is 0.820. The quantitative estimate of drug-likeness (QED) is 0.787. The maximum absolute atomic E-state index is 5.69. The van der Waals surface area contributed by atoms with E-state index < -0.39 is 0 Å². The van der Waals surface area contributed by atoms with Gasteiger partial charge in [-0.05, 0) is 80.7 Å². The fourth-order valence-corrected chi connectivity index (χ4v) is 3.89. The summed E-state index contributed by atoms with van der Waals surface area (Å²) in [6.07, 6.45) is 1.14. The van der Waals surface area contributed by atoms with Crippen LogP contribution in [-0.2, 0) is 6.54 Å². The van der Waals surface area contributed by atoms with E-state index in [0.29, 0.717) is 0 Å². The highest BCUT2D eigenvalue weighted by molar-refractivity contribution is 7.80. The molecule has 0 aromatic heterocycles. The molecule has 1 N–H and O–H groups in total. The summed E-state index contributed by atoms with van der Waals surface area (Å²) in [7, 11) is 0. The standard InChI is InChI=1S/C22H29N3S/c1-16-6-7-19(4)20(11-16)14-24-8-5-9-25(15-24)22(26)23-21-12-17(2)10-18(3)13-21/h6-7,10-13H,5,8-9,14-15H2,1-4H3,(H,23,26). The molecule has 1 aliphatic rings. The van der Waals surface area contributed by atoms with Gasteiger partial charge in [0.1, 0.15) is 0 Å². The second-order valence-corrected chi connectivity index (χ2v) is 7.93. The molecule has 3 rings (SSSR count). The molecule has 3 nitrogen and oxygen atoms in total. The smallest absolute Gasteiger partial charge is 0.174 e. The summed E-state index contributed by atoms with van der Waals surface area (Å²) in [6, 6.07) is 13.2. The molecule has 0 saturated carbocycles. The normalized spacial score (nSPS) is 15.2. The van der Waals surface area contributed by atoms with E-state index in [0.717, 1.165) is 43.5 Å². The van der Waals surface area contributed by atoms with Crippen molar-refractivity contribution in [1.29, 1.82) is 0 Å². The van der Waals surface area contributed by atoms with Crippen molar-refractivity contribution in [1.82, 2.24) is 9.80 Å². The van der Waals surface area contributed by atoms with Gasteiger partial charge in [0.2, 0.25) is 0 Å². The van der Waals surface area contributed by atoms with E-state index >= 15 is 0 Å². The van der Waals surface area contributed by atoms with Crippen LogP contribution in [-0.4, -0.2) is 34.7 Å². The lowest BCUT2D eigenvalue weighted by atomic mass is 10.0. The molecular formula is C22H29N3S. The van der Waals surface area contributed by atoms with Gasteiger partial charge in [-0.15, -0.1) is 0 Å². The highest BCUT2D eigenvalue weighted by Crippen LogP contribution is 2.18. The van der Waals surface area contributed by atoms with Crippen LogP contribution in [0.5, 0.6) is 0 Å². The Balaban J connectivity index is 1.64. The van der Waals surface area contributed by atoms with Crippen LogP contribution in [0.4, 0.5) is 5.69 Å². The Labute approximate surface area is 163 Å². The fraction of sp³-hybridized carbons (Fsp3) is 0.409. The second kappa shape index (κ2) is 8.19. The molecule has 0 amide bonds. The van der Waals surface area contributed by atoms with Crippen LogP contribution in [0.3, 0.4) is 0 Å². The van der Waals surface area contributed by atoms with Gasteiger partial charge in [0, 0.05) is 25.3 Å². The van der Waals surface area contributed by atoms with Crippen molar-refractivity contribution in [3.63, 3.8) is 0 Å². The van der Waals surface area contributed by atoms with E-state index in [1.54, 1.807) is 0 Å². The number of nitrogens with one attached hydrogen (secondary N) is 1. The number of aryl methyl sites for hydroxylation is 4. The van der Waals surface area contributed by atoms with Crippen molar-refractivity contribution in [2.75, 3.05) is 25.1 Å². The lowest BCUT2D eigenvalue weighted by Crippen LogP contribution is -2.48. The van der Waals surface area contributed by atoms with Crippen LogP contribution in [0.1, 0.15) is 34.2 Å². The molecule has 0 bridgehead atoms. The third-order valence-electron chi connectivity index (χ3n) is 4.93. The summed E-state index contributed by atoms with van der Waals surface area (Å²) in [6.45, 7) is 12.6. The predicted molar refractivity (Wildman–Crippen MR) is 115 cm³/mol. The predicted octanol–water partition coefficient (Wildman–Crippen LogP) is 4.78. The Morgan fingerprint density at radius 3 is 2.42 bits per heavy atom. The van der Waals surface area contributed by atoms with Gasteiger partial charge in [-0.3, -0.25) is 4.90 Å². The van der Waals surface area contributed by atoms with Gasteiger partial charge in [-0.1, -0.05) is 29.8 Å². The lowest BCUT2D eigenvalue weighted by molar-refractivity contribution is 0.133. The average Bonchev–Trinajstić information content (AvgIpc) is 2.57. The summed E-state index contributed by atoms with van der Waals surface area (Å²) in [5.74, 6) is 0. The zero-order chi connectivity index (χ0) is 18.7. The topological polar surface area (TPSA) is 18.5 Å². The second-order valence-electron chi connectivity index (χ2n) is 7.55. The van der Waals surface area contributed by atoms with Crippen LogP contribution in [0, 0.1) is 27.7 Å². The molecular weight excluding hydrogens is 338 g/mol. The zero-order valence-electron chi connectivity index (χ0n) is 16.3. The number of anilines is 1. The number of benzene rings is 2. The van der Waals surface area contributed by atoms with Crippen LogP contribution in [0.25, 0.3) is 0 Å². The first-order valence-corrected chi connectivity index (χ1v) is 9.74. The van der Waals surface area contributed by atoms with Gasteiger partial charge in [-0.25, -0.2) is 0 Å². The first-order chi connectivity index (χ1) is 12.4. The maximum atomic E-state index is 5.69. The van der Waals surface area contributed by atoms with E-state index in [1.165, 1.54) is 27.8 Å². The van der Waals surface area contributed by atoms with Crippen LogP contribution in [0.15, 0.2) is 36.4 Å². The maximum Gasteiger partial charge on any atom is 0.174 e. The highest BCUT2D eigenvalue weighted by Gasteiger charge is 2.20. The molecule has 26 heavy (non-hydrogen) atoms. The van der Waals surface area contributed by atoms with Crippen molar-refractivity contribution in [2.24, 2.45) is 0 Å². The van der Waals surface area contributed by atoms with Gasteiger partial charge in [0.25, 0.3) is 0 Å². The molecule has 0 spiro atoms. The Hall–Kier alpha value is -1.91. The van der Waals surface area contributed by atoms with Crippen LogP contribution < -0.4 is 5.32 Å². The largest absolute Gasteiger partial charge is 0.336 e. The van der Waals surface area contributed by atoms with Gasteiger partial charge in [-0.2, -0.15) is 0 Å². The number of nitrogens with zero attached hydrogens (tertiary/aromatic N) is 2. The van der Waals surface area contributed by atoms with Gasteiger partial charge in [0.15, 0.2) is 5.11 Å². The third kappa shape index (κ3) is 4.83. The summed E-state index contributed by atoms with van der Waals surface area (Å²) < 4.78 is 0. The molecule has 138 valence electrons. The molecule has 0 unspecified atom stereocenters. The first kappa shape index (κ1) is 18.9. The number of hydrogen-bond acceptors (Lipinski definition) is 2. The minimum Gasteiger partial charge on any atom is -0.336 e. The fourth-order valence-electron chi connectivity index (χ4n) is 3.62. The number of rotatable bonds is 3. The molecule has 0 radical (unpaired) electrons. The first-order valence-electron chi connectivity index (χ1n) is 9.33. The van der Waals surface area contributed by atoms with Crippen molar-refractivity contribution in [3.05, 3.63) is 64.2 Å². The Morgan fingerprint density at radius 1 is 0.962 bits per heavy atom. The van der Waals surface area contributed by atoms with Crippen molar-refractivity contribution in [3.8, 4) is 0 Å². The third-order valence-corrected chi connectivity index (χ3v) is 5.29. The summed E-state index contributed by atoms with van der Waals surface area (Å²) in [4.78, 5) is 4.77. The van der Waals surface area contributed by atoms with E-state index in [4.69, 9.17) is 12.2 Å². The van der Waals surface area contributed by atoms with Crippen LogP contribution in [0.2, 0.25) is 0 Å². The molecule has 1 aliphatic heterocycles. The van der Waals surface area contributed by atoms with Crippen LogP contribution >= 0.6 is 12.2 Å². The van der Waals surface area contributed by atoms with E-state index in [-0.39, 0.29) is 0 Å². The SMILES string of the molecule is Cc1cc(C)cc(NC(=S)N2CCCN(Cc3cc(C)ccc3C)C2)c1. The Bertz CT molecular complexity index is 780. The molecule has 1 heterocycles. The van der Waals surface area contributed by atoms with E-state index in [2.05, 4.69) is 79.2 Å². The van der Waals surface area contributed by atoms with Gasteiger partial charge < -0.3 is 10.2 Å². The molecule has 2 aromatic carbocycles. The Kier molecular flexibility index (Phi) is 5.94. The average molecular weight is 368 g/mol. The summed E-state index contributed by atoms with van der Waals surface area (Å²) >= 11 is 5.69. The minimum absolute atomic E-state index is 0.820. The summed E-state index contributed by atoms with van der Waals surface area (Å²) in [5, 5.41) is 4.25. The van der Waals surface area contributed by atoms with E-state index in [1.807, 2.05) is 0 Å². The number of thiocarbonyl (C=S) groups is 1. The zero-order valence-corrected chi connectivity index (χ0v) is 17.1. The van der Waals surface area contributed by atoms with Gasteiger partial charge >= 0.3 is 0 Å². The molecule has 1 saturated heterocycles. The molecule has 2 aromatic rings. The van der Waals surface area contributed by atoms with E-state index in [9.17, 15) is 0 Å². The highest BCUT2D eigenvalue weighted by atomic mass is 32.1. The summed E-state index contributed by atoms with van der Waals surface area (Å²) in [5.41, 5.74) is 7.70. The lowest BCUT2D eigenvalue weighted by Gasteiger charge is -2.37. The Morgan fingerprint density at radius 2 is 1.69 bits per heavy atom. The van der Waals surface area contributed by atoms with Gasteiger partial charge in [0.05, 0.1) is 6.67 Å². The number of hydrogen-bond donors (Lipinski definition) is 1. The molecule has 4 heteroatoms. The van der Waals surface area contributed by atoms with Crippen molar-refractivity contribution in [2.45, 2.75) is 40.7 Å². The molecule has 1 fully saturated rings. The molecule has 0 atom stereocenters.